The Morgan fingerprint density at radius 2 is 1.75 bits per heavy atom. The summed E-state index contributed by atoms with van der Waals surface area (Å²) >= 11 is 0. The smallest absolute Gasteiger partial charge is 0.0469 e. The summed E-state index contributed by atoms with van der Waals surface area (Å²) in [4.78, 5) is 0. The van der Waals surface area contributed by atoms with E-state index >= 15 is 0 Å². The van der Waals surface area contributed by atoms with E-state index in [-0.39, 0.29) is 5.41 Å². The first kappa shape index (κ1) is 15.5. The molecule has 0 spiro atoms. The highest BCUT2D eigenvalue weighted by atomic mass is 16.5. The average molecular weight is 275 g/mol. The largest absolute Gasteiger partial charge is 0.381 e. The van der Waals surface area contributed by atoms with Gasteiger partial charge >= 0.3 is 0 Å². The van der Waals surface area contributed by atoms with Crippen LogP contribution in [0.2, 0.25) is 0 Å². The van der Waals surface area contributed by atoms with Crippen molar-refractivity contribution < 1.29 is 4.74 Å². The maximum absolute atomic E-state index is 5.50. The van der Waals surface area contributed by atoms with Gasteiger partial charge in [0.15, 0.2) is 0 Å². The molecule has 2 heteroatoms. The number of benzene rings is 1. The monoisotopic (exact) mass is 275 g/mol. The molecule has 1 saturated heterocycles. The van der Waals surface area contributed by atoms with Crippen molar-refractivity contribution >= 4 is 0 Å². The van der Waals surface area contributed by atoms with Gasteiger partial charge in [-0.3, -0.25) is 0 Å². The number of ether oxygens (including phenoxy) is 1. The highest BCUT2D eigenvalue weighted by molar-refractivity contribution is 5.29. The van der Waals surface area contributed by atoms with Crippen LogP contribution in [0.5, 0.6) is 0 Å². The fourth-order valence-corrected chi connectivity index (χ4v) is 3.02. The minimum Gasteiger partial charge on any atom is -0.381 e. The molecule has 112 valence electrons. The van der Waals surface area contributed by atoms with E-state index in [1.54, 1.807) is 0 Å². The molecule has 2 rings (SSSR count). The summed E-state index contributed by atoms with van der Waals surface area (Å²) in [5.41, 5.74) is 3.06. The van der Waals surface area contributed by atoms with E-state index < -0.39 is 0 Å². The number of hydrogen-bond donors (Lipinski definition) is 1. The second-order valence-electron chi connectivity index (χ2n) is 6.86. The van der Waals surface area contributed by atoms with Gasteiger partial charge in [0, 0.05) is 19.3 Å². The van der Waals surface area contributed by atoms with Crippen LogP contribution in [-0.4, -0.2) is 19.8 Å². The van der Waals surface area contributed by atoms with Gasteiger partial charge in [0.05, 0.1) is 0 Å². The van der Waals surface area contributed by atoms with Crippen molar-refractivity contribution in [3.8, 4) is 0 Å². The second kappa shape index (κ2) is 6.73. The molecule has 0 saturated carbocycles. The molecule has 1 N–H and O–H groups in total. The molecule has 0 amide bonds. The van der Waals surface area contributed by atoms with E-state index in [1.807, 2.05) is 0 Å². The summed E-state index contributed by atoms with van der Waals surface area (Å²) in [5, 5.41) is 3.67. The van der Waals surface area contributed by atoms with E-state index in [2.05, 4.69) is 57.3 Å². The lowest BCUT2D eigenvalue weighted by molar-refractivity contribution is 0.0538. The number of rotatable bonds is 4. The lowest BCUT2D eigenvalue weighted by Gasteiger charge is -2.31. The van der Waals surface area contributed by atoms with E-state index in [0.717, 1.165) is 19.8 Å². The van der Waals surface area contributed by atoms with Crippen LogP contribution >= 0.6 is 0 Å². The fraction of sp³-hybridized carbons (Fsp3) is 0.667. The maximum atomic E-state index is 5.50. The van der Waals surface area contributed by atoms with E-state index in [4.69, 9.17) is 4.74 Å². The second-order valence-corrected chi connectivity index (χ2v) is 6.86. The molecule has 0 aliphatic carbocycles. The van der Waals surface area contributed by atoms with Gasteiger partial charge in [-0.05, 0) is 41.8 Å². The van der Waals surface area contributed by atoms with Crippen molar-refractivity contribution in [2.24, 2.45) is 5.92 Å². The topological polar surface area (TPSA) is 21.3 Å². The van der Waals surface area contributed by atoms with Crippen molar-refractivity contribution in [3.05, 3.63) is 35.4 Å². The third kappa shape index (κ3) is 3.83. The molecule has 1 fully saturated rings. The Balaban J connectivity index is 2.16. The molecule has 1 heterocycles. The molecule has 20 heavy (non-hydrogen) atoms. The van der Waals surface area contributed by atoms with Gasteiger partial charge in [-0.2, -0.15) is 0 Å². The van der Waals surface area contributed by atoms with Crippen LogP contribution in [0.1, 0.15) is 57.7 Å². The Bertz CT molecular complexity index is 398. The summed E-state index contributed by atoms with van der Waals surface area (Å²) in [5.74, 6) is 0.698. The first-order valence-corrected chi connectivity index (χ1v) is 7.94. The Morgan fingerprint density at radius 1 is 1.15 bits per heavy atom. The molecule has 1 atom stereocenters. The molecular formula is C18H29NO. The SMILES string of the molecule is CCNC(c1ccc(C(C)(C)C)cc1)C1CCOCC1. The van der Waals surface area contributed by atoms with Gasteiger partial charge in [-0.25, -0.2) is 0 Å². The van der Waals surface area contributed by atoms with Crippen molar-refractivity contribution in [2.45, 2.75) is 52.0 Å². The first-order valence-electron chi connectivity index (χ1n) is 7.94. The average Bonchev–Trinajstić information content (AvgIpc) is 2.45. The standard InChI is InChI=1S/C18H29NO/c1-5-19-17(15-10-12-20-13-11-15)14-6-8-16(9-7-14)18(2,3)4/h6-9,15,17,19H,5,10-13H2,1-4H3. The van der Waals surface area contributed by atoms with E-state index in [1.165, 1.54) is 24.0 Å². The third-order valence-corrected chi connectivity index (χ3v) is 4.30. The summed E-state index contributed by atoms with van der Waals surface area (Å²) in [6, 6.07) is 9.67. The summed E-state index contributed by atoms with van der Waals surface area (Å²) in [6.45, 7) is 11.8. The molecule has 0 radical (unpaired) electrons. The first-order chi connectivity index (χ1) is 9.52. The van der Waals surface area contributed by atoms with Crippen LogP contribution in [0.4, 0.5) is 0 Å². The van der Waals surface area contributed by atoms with Crippen molar-refractivity contribution in [1.82, 2.24) is 5.32 Å². The Hall–Kier alpha value is -0.860. The molecular weight excluding hydrogens is 246 g/mol. The maximum Gasteiger partial charge on any atom is 0.0469 e. The van der Waals surface area contributed by atoms with Gasteiger partial charge < -0.3 is 10.1 Å². The van der Waals surface area contributed by atoms with Crippen LogP contribution in [0.3, 0.4) is 0 Å². The quantitative estimate of drug-likeness (QED) is 0.894. The minimum atomic E-state index is 0.227. The zero-order valence-electron chi connectivity index (χ0n) is 13.4. The number of hydrogen-bond acceptors (Lipinski definition) is 2. The van der Waals surface area contributed by atoms with Crippen molar-refractivity contribution in [3.63, 3.8) is 0 Å². The van der Waals surface area contributed by atoms with Crippen LogP contribution in [0.25, 0.3) is 0 Å². The third-order valence-electron chi connectivity index (χ3n) is 4.30. The Labute approximate surface area is 123 Å². The Morgan fingerprint density at radius 3 is 2.25 bits per heavy atom. The zero-order valence-corrected chi connectivity index (χ0v) is 13.4. The predicted molar refractivity (Wildman–Crippen MR) is 85.1 cm³/mol. The highest BCUT2D eigenvalue weighted by Crippen LogP contribution is 2.31. The fourth-order valence-electron chi connectivity index (χ4n) is 3.02. The molecule has 1 unspecified atom stereocenters. The molecule has 2 nitrogen and oxygen atoms in total. The van der Waals surface area contributed by atoms with Crippen LogP contribution in [0, 0.1) is 5.92 Å². The highest BCUT2D eigenvalue weighted by Gasteiger charge is 2.25. The van der Waals surface area contributed by atoms with Crippen LogP contribution in [0.15, 0.2) is 24.3 Å². The minimum absolute atomic E-state index is 0.227. The summed E-state index contributed by atoms with van der Waals surface area (Å²) in [6.07, 6.45) is 2.33. The zero-order chi connectivity index (χ0) is 14.6. The number of nitrogens with one attached hydrogen (secondary N) is 1. The van der Waals surface area contributed by atoms with E-state index in [0.29, 0.717) is 12.0 Å². The van der Waals surface area contributed by atoms with Gasteiger partial charge in [0.1, 0.15) is 0 Å². The van der Waals surface area contributed by atoms with Crippen LogP contribution < -0.4 is 5.32 Å². The summed E-state index contributed by atoms with van der Waals surface area (Å²) in [7, 11) is 0. The van der Waals surface area contributed by atoms with Gasteiger partial charge in [0.25, 0.3) is 0 Å². The molecule has 0 aromatic heterocycles. The predicted octanol–water partition coefficient (Wildman–Crippen LogP) is 4.06. The normalized spacial score (nSPS) is 19.0. The van der Waals surface area contributed by atoms with Gasteiger partial charge in [0.2, 0.25) is 0 Å². The van der Waals surface area contributed by atoms with Gasteiger partial charge in [-0.15, -0.1) is 0 Å². The van der Waals surface area contributed by atoms with E-state index in [9.17, 15) is 0 Å². The van der Waals surface area contributed by atoms with Gasteiger partial charge in [-0.1, -0.05) is 52.0 Å². The summed E-state index contributed by atoms with van der Waals surface area (Å²) < 4.78 is 5.50. The molecule has 1 aromatic rings. The molecule has 1 aromatic carbocycles. The van der Waals surface area contributed by atoms with Crippen molar-refractivity contribution in [2.75, 3.05) is 19.8 Å². The molecule has 1 aliphatic heterocycles. The van der Waals surface area contributed by atoms with Crippen LogP contribution in [-0.2, 0) is 10.2 Å². The lowest BCUT2D eigenvalue weighted by atomic mass is 9.83. The lowest BCUT2D eigenvalue weighted by Crippen LogP contribution is -2.32. The molecule has 1 aliphatic rings. The Kier molecular flexibility index (Phi) is 5.22. The molecule has 0 bridgehead atoms. The van der Waals surface area contributed by atoms with Crippen molar-refractivity contribution in [1.29, 1.82) is 0 Å².